The molecule has 1 aliphatic rings. The third-order valence-corrected chi connectivity index (χ3v) is 7.02. The molecule has 2 heterocycles. The molecule has 1 atom stereocenters. The average Bonchev–Trinajstić information content (AvgIpc) is 3.37. The van der Waals surface area contributed by atoms with E-state index in [-0.39, 0.29) is 42.0 Å². The topological polar surface area (TPSA) is 121 Å². The standard InChI is InChI=1S/C21H22N4O5S/c1-30-15-6-8-16(9-7-15)31(28,29)11-10-22-21(27)14-12-19(26)25(13-14)20-17-4-2-3-5-18(17)23-24-20/h2-9,14H,10-13H2,1H3,(H,22,27)(H,23,24)/t14-/m0/s1. The molecule has 0 spiro atoms. The maximum absolute atomic E-state index is 12.5. The van der Waals surface area contributed by atoms with Gasteiger partial charge in [0.2, 0.25) is 11.8 Å². The summed E-state index contributed by atoms with van der Waals surface area (Å²) in [7, 11) is -2.05. The van der Waals surface area contributed by atoms with Crippen molar-refractivity contribution in [2.75, 3.05) is 30.9 Å². The number of carbonyl (C=O) groups excluding carboxylic acids is 2. The summed E-state index contributed by atoms with van der Waals surface area (Å²) in [6.07, 6.45) is 0.0538. The van der Waals surface area contributed by atoms with E-state index >= 15 is 0 Å². The highest BCUT2D eigenvalue weighted by Crippen LogP contribution is 2.29. The van der Waals surface area contributed by atoms with E-state index < -0.39 is 15.8 Å². The minimum atomic E-state index is -3.55. The Labute approximate surface area is 179 Å². The predicted molar refractivity (Wildman–Crippen MR) is 115 cm³/mol. The molecule has 1 fully saturated rings. The Bertz CT molecular complexity index is 1220. The van der Waals surface area contributed by atoms with Gasteiger partial charge in [-0.25, -0.2) is 8.42 Å². The van der Waals surface area contributed by atoms with Gasteiger partial charge in [0.15, 0.2) is 15.7 Å². The summed E-state index contributed by atoms with van der Waals surface area (Å²) < 4.78 is 29.9. The molecule has 3 aromatic rings. The van der Waals surface area contributed by atoms with Crippen LogP contribution in [0, 0.1) is 5.92 Å². The molecule has 162 valence electrons. The molecule has 0 aliphatic carbocycles. The van der Waals surface area contributed by atoms with Crippen LogP contribution in [0.3, 0.4) is 0 Å². The number of amides is 2. The van der Waals surface area contributed by atoms with Crippen LogP contribution in [0.15, 0.2) is 53.4 Å². The minimum Gasteiger partial charge on any atom is -0.497 e. The fraction of sp³-hybridized carbons (Fsp3) is 0.286. The molecular formula is C21H22N4O5S. The second kappa shape index (κ2) is 8.38. The van der Waals surface area contributed by atoms with Crippen molar-refractivity contribution >= 4 is 38.4 Å². The first-order valence-corrected chi connectivity index (χ1v) is 11.4. The third kappa shape index (κ3) is 4.24. The normalized spacial score (nSPS) is 16.6. The van der Waals surface area contributed by atoms with Gasteiger partial charge in [-0.15, -0.1) is 0 Å². The average molecular weight is 442 g/mol. The van der Waals surface area contributed by atoms with Crippen molar-refractivity contribution in [3.8, 4) is 5.75 Å². The van der Waals surface area contributed by atoms with Gasteiger partial charge in [-0.1, -0.05) is 12.1 Å². The number of hydrogen-bond donors (Lipinski definition) is 2. The van der Waals surface area contributed by atoms with Crippen LogP contribution in [0.5, 0.6) is 5.75 Å². The number of carbonyl (C=O) groups is 2. The molecule has 0 bridgehead atoms. The lowest BCUT2D eigenvalue weighted by Gasteiger charge is -2.14. The van der Waals surface area contributed by atoms with Crippen molar-refractivity contribution in [3.63, 3.8) is 0 Å². The Kier molecular flexibility index (Phi) is 5.64. The monoisotopic (exact) mass is 442 g/mol. The summed E-state index contributed by atoms with van der Waals surface area (Å²) >= 11 is 0. The number of H-pyrrole nitrogens is 1. The van der Waals surface area contributed by atoms with Crippen molar-refractivity contribution in [1.29, 1.82) is 0 Å². The molecular weight excluding hydrogens is 420 g/mol. The van der Waals surface area contributed by atoms with Gasteiger partial charge in [0.05, 0.1) is 29.2 Å². The van der Waals surface area contributed by atoms with Gasteiger partial charge in [-0.3, -0.25) is 19.6 Å². The molecule has 10 heteroatoms. The molecule has 0 saturated carbocycles. The first-order valence-electron chi connectivity index (χ1n) is 9.77. The molecule has 1 aliphatic heterocycles. The molecule has 2 N–H and O–H groups in total. The predicted octanol–water partition coefficient (Wildman–Crippen LogP) is 1.51. The first-order chi connectivity index (χ1) is 14.9. The lowest BCUT2D eigenvalue weighted by Crippen LogP contribution is -2.35. The van der Waals surface area contributed by atoms with Crippen molar-refractivity contribution in [3.05, 3.63) is 48.5 Å². The maximum Gasteiger partial charge on any atom is 0.229 e. The Hall–Kier alpha value is -3.40. The number of nitrogens with zero attached hydrogens (tertiary/aromatic N) is 2. The summed E-state index contributed by atoms with van der Waals surface area (Å²) in [5.74, 6) is -0.277. The van der Waals surface area contributed by atoms with Gasteiger partial charge in [0, 0.05) is 24.9 Å². The first kappa shape index (κ1) is 20.9. The molecule has 2 aromatic carbocycles. The van der Waals surface area contributed by atoms with Crippen LogP contribution in [0.2, 0.25) is 0 Å². The molecule has 9 nitrogen and oxygen atoms in total. The molecule has 2 amide bonds. The van der Waals surface area contributed by atoms with Gasteiger partial charge in [0.1, 0.15) is 5.75 Å². The van der Waals surface area contributed by atoms with Gasteiger partial charge in [-0.05, 0) is 36.4 Å². The second-order valence-corrected chi connectivity index (χ2v) is 9.39. The van der Waals surface area contributed by atoms with Crippen LogP contribution in [0.1, 0.15) is 6.42 Å². The summed E-state index contributed by atoms with van der Waals surface area (Å²) in [5, 5.41) is 10.6. The zero-order valence-corrected chi connectivity index (χ0v) is 17.7. The molecule has 31 heavy (non-hydrogen) atoms. The smallest absolute Gasteiger partial charge is 0.229 e. The van der Waals surface area contributed by atoms with Crippen LogP contribution in [-0.2, 0) is 19.4 Å². The number of aromatic amines is 1. The van der Waals surface area contributed by atoms with Gasteiger partial charge in [-0.2, -0.15) is 5.10 Å². The van der Waals surface area contributed by atoms with E-state index in [0.717, 1.165) is 10.9 Å². The SMILES string of the molecule is COc1ccc(S(=O)(=O)CCNC(=O)[C@H]2CC(=O)N(c3n[nH]c4ccccc34)C2)cc1. The Morgan fingerprint density at radius 2 is 1.97 bits per heavy atom. The number of para-hydroxylation sites is 1. The number of methoxy groups -OCH3 is 1. The lowest BCUT2D eigenvalue weighted by atomic mass is 10.1. The van der Waals surface area contributed by atoms with Crippen molar-refractivity contribution in [1.82, 2.24) is 15.5 Å². The van der Waals surface area contributed by atoms with Gasteiger partial charge in [0.25, 0.3) is 0 Å². The van der Waals surface area contributed by atoms with Crippen LogP contribution >= 0.6 is 0 Å². The summed E-state index contributed by atoms with van der Waals surface area (Å²) in [5.41, 5.74) is 0.807. The number of hydrogen-bond acceptors (Lipinski definition) is 6. The van der Waals surface area contributed by atoms with E-state index in [2.05, 4.69) is 15.5 Å². The number of nitrogens with one attached hydrogen (secondary N) is 2. The molecule has 0 radical (unpaired) electrons. The van der Waals surface area contributed by atoms with Crippen LogP contribution in [0.25, 0.3) is 10.9 Å². The number of benzene rings is 2. The number of rotatable bonds is 7. The van der Waals surface area contributed by atoms with E-state index in [0.29, 0.717) is 11.6 Å². The molecule has 4 rings (SSSR count). The highest BCUT2D eigenvalue weighted by atomic mass is 32.2. The number of fused-ring (bicyclic) bond motifs is 1. The number of ether oxygens (including phenoxy) is 1. The third-order valence-electron chi connectivity index (χ3n) is 5.29. The zero-order valence-electron chi connectivity index (χ0n) is 16.9. The van der Waals surface area contributed by atoms with Crippen LogP contribution in [0.4, 0.5) is 5.82 Å². The van der Waals surface area contributed by atoms with E-state index in [1.54, 1.807) is 12.1 Å². The zero-order chi connectivity index (χ0) is 22.0. The quantitative estimate of drug-likeness (QED) is 0.572. The molecule has 1 saturated heterocycles. The highest BCUT2D eigenvalue weighted by Gasteiger charge is 2.36. The van der Waals surface area contributed by atoms with Crippen molar-refractivity contribution in [2.45, 2.75) is 11.3 Å². The number of aromatic nitrogens is 2. The van der Waals surface area contributed by atoms with Crippen molar-refractivity contribution in [2.24, 2.45) is 5.92 Å². The number of anilines is 1. The number of sulfone groups is 1. The van der Waals surface area contributed by atoms with E-state index in [1.807, 2.05) is 24.3 Å². The maximum atomic E-state index is 12.5. The largest absolute Gasteiger partial charge is 0.497 e. The summed E-state index contributed by atoms with van der Waals surface area (Å²) in [6.45, 7) is 0.161. The fourth-order valence-electron chi connectivity index (χ4n) is 3.60. The Balaban J connectivity index is 1.35. The van der Waals surface area contributed by atoms with E-state index in [9.17, 15) is 18.0 Å². The van der Waals surface area contributed by atoms with E-state index in [1.165, 1.54) is 24.1 Å². The van der Waals surface area contributed by atoms with E-state index in [4.69, 9.17) is 4.74 Å². The van der Waals surface area contributed by atoms with Gasteiger partial charge < -0.3 is 10.1 Å². The molecule has 0 unspecified atom stereocenters. The summed E-state index contributed by atoms with van der Waals surface area (Å²) in [4.78, 5) is 26.7. The Morgan fingerprint density at radius 3 is 2.71 bits per heavy atom. The van der Waals surface area contributed by atoms with Crippen molar-refractivity contribution < 1.29 is 22.7 Å². The van der Waals surface area contributed by atoms with Crippen LogP contribution < -0.4 is 15.0 Å². The lowest BCUT2D eigenvalue weighted by molar-refractivity contribution is -0.126. The minimum absolute atomic E-state index is 0.0385. The molecule has 1 aromatic heterocycles. The Morgan fingerprint density at radius 1 is 1.23 bits per heavy atom. The second-order valence-electron chi connectivity index (χ2n) is 7.28. The van der Waals surface area contributed by atoms with Gasteiger partial charge >= 0.3 is 0 Å². The van der Waals surface area contributed by atoms with Crippen LogP contribution in [-0.4, -0.2) is 56.4 Å². The fourth-order valence-corrected chi connectivity index (χ4v) is 4.75. The summed E-state index contributed by atoms with van der Waals surface area (Å²) in [6, 6.07) is 13.5. The highest BCUT2D eigenvalue weighted by molar-refractivity contribution is 7.91.